The van der Waals surface area contributed by atoms with E-state index in [0.29, 0.717) is 18.9 Å². The Bertz CT molecular complexity index is 423. The van der Waals surface area contributed by atoms with E-state index in [1.165, 1.54) is 12.7 Å². The van der Waals surface area contributed by atoms with Crippen LogP contribution in [0.15, 0.2) is 22.8 Å². The molecule has 1 aliphatic heterocycles. The molecule has 2 fully saturated rings. The molecule has 3 rings (SSSR count). The van der Waals surface area contributed by atoms with E-state index in [-0.39, 0.29) is 17.8 Å². The average molecular weight is 265 g/mol. The minimum absolute atomic E-state index is 0.0583. The molecule has 0 bridgehead atoms. The van der Waals surface area contributed by atoms with Gasteiger partial charge in [-0.05, 0) is 25.0 Å². The Morgan fingerprint density at radius 3 is 2.95 bits per heavy atom. The van der Waals surface area contributed by atoms with Crippen molar-refractivity contribution in [1.82, 2.24) is 5.32 Å². The van der Waals surface area contributed by atoms with Gasteiger partial charge in [0.1, 0.15) is 6.10 Å². The Morgan fingerprint density at radius 2 is 2.21 bits per heavy atom. The van der Waals surface area contributed by atoms with E-state index >= 15 is 0 Å². The smallest absolute Gasteiger partial charge is 0.287 e. The van der Waals surface area contributed by atoms with Gasteiger partial charge in [-0.3, -0.25) is 4.79 Å². The number of ether oxygens (including phenoxy) is 2. The van der Waals surface area contributed by atoms with Crippen molar-refractivity contribution in [2.24, 2.45) is 0 Å². The maximum absolute atomic E-state index is 11.7. The first kappa shape index (κ1) is 12.7. The van der Waals surface area contributed by atoms with Crippen LogP contribution in [-0.4, -0.2) is 30.9 Å². The van der Waals surface area contributed by atoms with Crippen LogP contribution in [0.5, 0.6) is 0 Å². The predicted molar refractivity (Wildman–Crippen MR) is 67.7 cm³/mol. The lowest BCUT2D eigenvalue weighted by Crippen LogP contribution is -2.37. The van der Waals surface area contributed by atoms with Gasteiger partial charge in [0.05, 0.1) is 12.9 Å². The standard InChI is InChI=1S/C14H19NO4/c16-13(12-5-4-8-17-12)15-9-11-10-18-14(19-11)6-2-1-3-7-14/h4-5,8,11H,1-3,6-7,9-10H2,(H,15,16)/t11-/m0/s1. The summed E-state index contributed by atoms with van der Waals surface area (Å²) in [6, 6.07) is 3.34. The molecule has 1 saturated heterocycles. The van der Waals surface area contributed by atoms with Crippen LogP contribution in [0.4, 0.5) is 0 Å². The summed E-state index contributed by atoms with van der Waals surface area (Å²) < 4.78 is 16.8. The number of carbonyl (C=O) groups excluding carboxylic acids is 1. The summed E-state index contributed by atoms with van der Waals surface area (Å²) in [6.07, 6.45) is 6.94. The topological polar surface area (TPSA) is 60.7 Å². The second-order valence-corrected chi connectivity index (χ2v) is 5.21. The molecule has 0 unspecified atom stereocenters. The van der Waals surface area contributed by atoms with Crippen LogP contribution in [-0.2, 0) is 9.47 Å². The summed E-state index contributed by atoms with van der Waals surface area (Å²) >= 11 is 0. The summed E-state index contributed by atoms with van der Waals surface area (Å²) in [5.41, 5.74) is 0. The molecule has 1 amide bonds. The zero-order valence-corrected chi connectivity index (χ0v) is 10.9. The van der Waals surface area contributed by atoms with E-state index < -0.39 is 0 Å². The zero-order valence-electron chi connectivity index (χ0n) is 10.9. The van der Waals surface area contributed by atoms with Gasteiger partial charge < -0.3 is 19.2 Å². The minimum Gasteiger partial charge on any atom is -0.459 e. The fourth-order valence-electron chi connectivity index (χ4n) is 2.77. The van der Waals surface area contributed by atoms with Gasteiger partial charge in [-0.1, -0.05) is 6.42 Å². The molecule has 1 N–H and O–H groups in total. The summed E-state index contributed by atoms with van der Waals surface area (Å²) in [4.78, 5) is 11.7. The minimum atomic E-state index is -0.377. The Hall–Kier alpha value is -1.33. The van der Waals surface area contributed by atoms with Crippen LogP contribution in [0.1, 0.15) is 42.7 Å². The molecule has 1 spiro atoms. The van der Waals surface area contributed by atoms with Crippen molar-refractivity contribution >= 4 is 5.91 Å². The first-order chi connectivity index (χ1) is 9.27. The van der Waals surface area contributed by atoms with Crippen LogP contribution in [0.2, 0.25) is 0 Å². The van der Waals surface area contributed by atoms with Gasteiger partial charge in [-0.2, -0.15) is 0 Å². The fourth-order valence-corrected chi connectivity index (χ4v) is 2.77. The number of nitrogens with one attached hydrogen (secondary N) is 1. The van der Waals surface area contributed by atoms with Gasteiger partial charge in [0.15, 0.2) is 11.5 Å². The predicted octanol–water partition coefficient (Wildman–Crippen LogP) is 2.09. The molecule has 1 saturated carbocycles. The Balaban J connectivity index is 1.48. The number of hydrogen-bond donors (Lipinski definition) is 1. The normalized spacial score (nSPS) is 25.6. The van der Waals surface area contributed by atoms with Crippen molar-refractivity contribution in [3.8, 4) is 0 Å². The second kappa shape index (κ2) is 5.35. The van der Waals surface area contributed by atoms with Gasteiger partial charge >= 0.3 is 0 Å². The molecule has 0 radical (unpaired) electrons. The number of carbonyl (C=O) groups is 1. The molecule has 1 aliphatic carbocycles. The van der Waals surface area contributed by atoms with E-state index in [1.54, 1.807) is 12.1 Å². The van der Waals surface area contributed by atoms with Gasteiger partial charge in [0.2, 0.25) is 0 Å². The number of rotatable bonds is 3. The number of hydrogen-bond acceptors (Lipinski definition) is 4. The Labute approximate surface area is 112 Å². The molecule has 2 heterocycles. The molecule has 104 valence electrons. The molecule has 2 aliphatic rings. The van der Waals surface area contributed by atoms with E-state index in [4.69, 9.17) is 13.9 Å². The monoisotopic (exact) mass is 265 g/mol. The molecular weight excluding hydrogens is 246 g/mol. The van der Waals surface area contributed by atoms with Crippen LogP contribution < -0.4 is 5.32 Å². The summed E-state index contributed by atoms with van der Waals surface area (Å²) in [6.45, 7) is 1.01. The average Bonchev–Trinajstić information content (AvgIpc) is 3.08. The van der Waals surface area contributed by atoms with Crippen molar-refractivity contribution in [3.63, 3.8) is 0 Å². The van der Waals surface area contributed by atoms with Crippen LogP contribution in [0, 0.1) is 0 Å². The highest BCUT2D eigenvalue weighted by Gasteiger charge is 2.42. The summed E-state index contributed by atoms with van der Waals surface area (Å²) in [7, 11) is 0. The van der Waals surface area contributed by atoms with Crippen molar-refractivity contribution < 1.29 is 18.7 Å². The maximum Gasteiger partial charge on any atom is 0.287 e. The van der Waals surface area contributed by atoms with Gasteiger partial charge in [0, 0.05) is 19.4 Å². The molecule has 5 heteroatoms. The first-order valence-corrected chi connectivity index (χ1v) is 6.91. The Morgan fingerprint density at radius 1 is 1.37 bits per heavy atom. The van der Waals surface area contributed by atoms with Crippen molar-refractivity contribution in [2.45, 2.75) is 44.0 Å². The highest BCUT2D eigenvalue weighted by atomic mass is 16.7. The SMILES string of the molecule is O=C(NC[C@H]1COC2(CCCCC2)O1)c1ccco1. The van der Waals surface area contributed by atoms with E-state index in [0.717, 1.165) is 25.7 Å². The lowest BCUT2D eigenvalue weighted by Gasteiger charge is -2.31. The highest BCUT2D eigenvalue weighted by Crippen LogP contribution is 2.37. The van der Waals surface area contributed by atoms with Crippen LogP contribution >= 0.6 is 0 Å². The Kier molecular flexibility index (Phi) is 3.57. The van der Waals surface area contributed by atoms with Gasteiger partial charge in [-0.25, -0.2) is 0 Å². The molecule has 1 atom stereocenters. The van der Waals surface area contributed by atoms with Gasteiger partial charge in [0.25, 0.3) is 5.91 Å². The second-order valence-electron chi connectivity index (χ2n) is 5.21. The quantitative estimate of drug-likeness (QED) is 0.909. The maximum atomic E-state index is 11.7. The van der Waals surface area contributed by atoms with Gasteiger partial charge in [-0.15, -0.1) is 0 Å². The molecule has 1 aromatic heterocycles. The number of furan rings is 1. The lowest BCUT2D eigenvalue weighted by molar-refractivity contribution is -0.186. The largest absolute Gasteiger partial charge is 0.459 e. The molecule has 0 aromatic carbocycles. The van der Waals surface area contributed by atoms with E-state index in [1.807, 2.05) is 0 Å². The van der Waals surface area contributed by atoms with Crippen LogP contribution in [0.3, 0.4) is 0 Å². The zero-order chi connectivity index (χ0) is 13.1. The van der Waals surface area contributed by atoms with E-state index in [9.17, 15) is 4.79 Å². The summed E-state index contributed by atoms with van der Waals surface area (Å²) in [5, 5.41) is 2.81. The fraction of sp³-hybridized carbons (Fsp3) is 0.643. The summed E-state index contributed by atoms with van der Waals surface area (Å²) in [5.74, 6) is -0.261. The van der Waals surface area contributed by atoms with Crippen molar-refractivity contribution in [1.29, 1.82) is 0 Å². The number of amides is 1. The van der Waals surface area contributed by atoms with Crippen molar-refractivity contribution in [3.05, 3.63) is 24.2 Å². The third-order valence-electron chi connectivity index (χ3n) is 3.76. The molecule has 1 aromatic rings. The third-order valence-corrected chi connectivity index (χ3v) is 3.76. The molecule has 19 heavy (non-hydrogen) atoms. The molecular formula is C14H19NO4. The first-order valence-electron chi connectivity index (χ1n) is 6.91. The van der Waals surface area contributed by atoms with Crippen LogP contribution in [0.25, 0.3) is 0 Å². The van der Waals surface area contributed by atoms with Crippen molar-refractivity contribution in [2.75, 3.05) is 13.2 Å². The lowest BCUT2D eigenvalue weighted by atomic mass is 9.94. The third kappa shape index (κ3) is 2.82. The highest BCUT2D eigenvalue weighted by molar-refractivity contribution is 5.91. The molecule has 5 nitrogen and oxygen atoms in total. The van der Waals surface area contributed by atoms with E-state index in [2.05, 4.69) is 5.32 Å².